The summed E-state index contributed by atoms with van der Waals surface area (Å²) in [5.74, 6) is -0.879. The van der Waals surface area contributed by atoms with E-state index in [2.05, 4.69) is 0 Å². The first kappa shape index (κ1) is 16.0. The number of quaternary nitrogens is 1. The zero-order valence-electron chi connectivity index (χ0n) is 11.5. The number of carbonyl (C=O) groups is 1. The number of carboxylic acids is 1. The van der Waals surface area contributed by atoms with Crippen molar-refractivity contribution in [1.29, 1.82) is 0 Å². The van der Waals surface area contributed by atoms with E-state index in [1.807, 2.05) is 51.5 Å². The number of aliphatic carboxylic acids is 1. The molecule has 19 heavy (non-hydrogen) atoms. The van der Waals surface area contributed by atoms with Crippen molar-refractivity contribution in [2.24, 2.45) is 0 Å². The van der Waals surface area contributed by atoms with E-state index >= 15 is 0 Å². The van der Waals surface area contributed by atoms with Gasteiger partial charge in [0.15, 0.2) is 5.56 Å². The third-order valence-electron chi connectivity index (χ3n) is 2.53. The van der Waals surface area contributed by atoms with Crippen molar-refractivity contribution in [3.05, 3.63) is 35.9 Å². The molecule has 0 saturated heterocycles. The Bertz CT molecular complexity index is 403. The van der Waals surface area contributed by atoms with E-state index in [1.165, 1.54) is 0 Å². The fraction of sp³-hybridized carbons (Fsp3) is 0.500. The Balaban J connectivity index is 2.68. The normalized spacial score (nSPS) is 14.9. The first-order valence-electron chi connectivity index (χ1n) is 6.14. The van der Waals surface area contributed by atoms with E-state index < -0.39 is 17.6 Å². The summed E-state index contributed by atoms with van der Waals surface area (Å²) in [7, 11) is 5.97. The van der Waals surface area contributed by atoms with Crippen molar-refractivity contribution in [3.63, 3.8) is 0 Å². The highest BCUT2D eigenvalue weighted by molar-refractivity contribution is 6.19. The maximum absolute atomic E-state index is 10.9. The monoisotopic (exact) mass is 286 g/mol. The Labute approximate surface area is 119 Å². The van der Waals surface area contributed by atoms with Crippen molar-refractivity contribution in [3.8, 4) is 0 Å². The van der Waals surface area contributed by atoms with Gasteiger partial charge in [-0.25, -0.2) is 0 Å². The van der Waals surface area contributed by atoms with Crippen LogP contribution in [0.15, 0.2) is 30.3 Å². The highest BCUT2D eigenvalue weighted by Crippen LogP contribution is 2.24. The SMILES string of the molecule is C[N+](C)(C)C[C@@H](CC(=O)O)OC(Cl)c1ccccc1. The number of benzene rings is 1. The molecular formula is C14H21ClNO3+. The van der Waals surface area contributed by atoms with Gasteiger partial charge < -0.3 is 14.3 Å². The zero-order valence-corrected chi connectivity index (χ0v) is 12.3. The van der Waals surface area contributed by atoms with Crippen molar-refractivity contribution >= 4 is 17.6 Å². The van der Waals surface area contributed by atoms with Crippen molar-refractivity contribution in [2.75, 3.05) is 27.7 Å². The number of likely N-dealkylation sites (N-methyl/N-ethyl adjacent to an activating group) is 1. The quantitative estimate of drug-likeness (QED) is 0.619. The maximum Gasteiger partial charge on any atom is 0.306 e. The van der Waals surface area contributed by atoms with Crippen LogP contribution in [-0.4, -0.2) is 49.4 Å². The number of carboxylic acid groups (broad SMARTS) is 1. The van der Waals surface area contributed by atoms with Crippen LogP contribution in [0.25, 0.3) is 0 Å². The molecule has 0 heterocycles. The topological polar surface area (TPSA) is 46.5 Å². The minimum absolute atomic E-state index is 0.0500. The Morgan fingerprint density at radius 3 is 2.37 bits per heavy atom. The van der Waals surface area contributed by atoms with E-state index in [9.17, 15) is 4.79 Å². The molecule has 1 rings (SSSR count). The molecule has 0 spiro atoms. The van der Waals surface area contributed by atoms with Gasteiger partial charge in [0.05, 0.1) is 27.6 Å². The fourth-order valence-electron chi connectivity index (χ4n) is 1.81. The van der Waals surface area contributed by atoms with Gasteiger partial charge in [0.2, 0.25) is 0 Å². The van der Waals surface area contributed by atoms with Crippen LogP contribution in [0.2, 0.25) is 0 Å². The molecule has 0 aliphatic carbocycles. The Kier molecular flexibility index (Phi) is 5.79. The van der Waals surface area contributed by atoms with Crippen LogP contribution in [0.4, 0.5) is 0 Å². The molecule has 0 aromatic heterocycles. The Hall–Kier alpha value is -1.10. The van der Waals surface area contributed by atoms with Gasteiger partial charge in [-0.15, -0.1) is 0 Å². The number of ether oxygens (including phenoxy) is 1. The average molecular weight is 287 g/mol. The molecule has 0 aliphatic heterocycles. The summed E-state index contributed by atoms with van der Waals surface area (Å²) in [6, 6.07) is 9.37. The summed E-state index contributed by atoms with van der Waals surface area (Å²) in [6.45, 7) is 0.586. The highest BCUT2D eigenvalue weighted by atomic mass is 35.5. The summed E-state index contributed by atoms with van der Waals surface area (Å²) in [5, 5.41) is 8.93. The van der Waals surface area contributed by atoms with Crippen LogP contribution in [0.3, 0.4) is 0 Å². The lowest BCUT2D eigenvalue weighted by molar-refractivity contribution is -0.873. The van der Waals surface area contributed by atoms with Crippen LogP contribution in [-0.2, 0) is 9.53 Å². The number of alkyl halides is 1. The minimum atomic E-state index is -0.879. The van der Waals surface area contributed by atoms with Crippen molar-refractivity contribution in [2.45, 2.75) is 18.1 Å². The lowest BCUT2D eigenvalue weighted by atomic mass is 10.2. The van der Waals surface area contributed by atoms with Gasteiger partial charge in [0.1, 0.15) is 12.6 Å². The molecule has 1 N–H and O–H groups in total. The summed E-state index contributed by atoms with van der Waals surface area (Å²) in [5.41, 5.74) is 0.207. The molecule has 0 amide bonds. The molecule has 0 bridgehead atoms. The summed E-state index contributed by atoms with van der Waals surface area (Å²) in [4.78, 5) is 10.9. The van der Waals surface area contributed by atoms with E-state index in [0.717, 1.165) is 5.56 Å². The van der Waals surface area contributed by atoms with Crippen LogP contribution in [0, 0.1) is 0 Å². The molecule has 1 aromatic carbocycles. The second kappa shape index (κ2) is 6.89. The second-order valence-corrected chi connectivity index (χ2v) is 5.95. The first-order chi connectivity index (χ1) is 8.78. The Morgan fingerprint density at radius 1 is 1.32 bits per heavy atom. The summed E-state index contributed by atoms with van der Waals surface area (Å²) < 4.78 is 6.31. The van der Waals surface area contributed by atoms with Crippen molar-refractivity contribution < 1.29 is 19.1 Å². The molecule has 106 valence electrons. The molecule has 0 fully saturated rings. The van der Waals surface area contributed by atoms with Crippen LogP contribution in [0.5, 0.6) is 0 Å². The predicted molar refractivity (Wildman–Crippen MR) is 75.1 cm³/mol. The maximum atomic E-state index is 10.9. The van der Waals surface area contributed by atoms with Gasteiger partial charge in [-0.05, 0) is 5.56 Å². The molecule has 5 heteroatoms. The molecule has 2 atom stereocenters. The van der Waals surface area contributed by atoms with Gasteiger partial charge in [-0.1, -0.05) is 41.9 Å². The Morgan fingerprint density at radius 2 is 1.89 bits per heavy atom. The lowest BCUT2D eigenvalue weighted by Crippen LogP contribution is -2.43. The van der Waals surface area contributed by atoms with Gasteiger partial charge in [0.25, 0.3) is 0 Å². The van der Waals surface area contributed by atoms with Gasteiger partial charge in [-0.2, -0.15) is 0 Å². The van der Waals surface area contributed by atoms with E-state index in [-0.39, 0.29) is 6.42 Å². The minimum Gasteiger partial charge on any atom is -0.481 e. The standard InChI is InChI=1S/C14H20ClNO3/c1-16(2,3)10-12(9-13(17)18)19-14(15)11-7-5-4-6-8-11/h4-8,12,14H,9-10H2,1-3H3/p+1/t12-,14?/m1/s1. The van der Waals surface area contributed by atoms with Gasteiger partial charge >= 0.3 is 5.97 Å². The number of hydrogen-bond donors (Lipinski definition) is 1. The molecule has 0 aliphatic rings. The van der Waals surface area contributed by atoms with E-state index in [0.29, 0.717) is 11.0 Å². The third-order valence-corrected chi connectivity index (χ3v) is 2.88. The second-order valence-electron chi connectivity index (χ2n) is 5.56. The van der Waals surface area contributed by atoms with Crippen LogP contribution in [0.1, 0.15) is 17.5 Å². The molecule has 4 nitrogen and oxygen atoms in total. The summed E-state index contributed by atoms with van der Waals surface area (Å²) in [6.07, 6.45) is -0.467. The number of halogens is 1. The molecule has 1 unspecified atom stereocenters. The average Bonchev–Trinajstić information content (AvgIpc) is 2.26. The number of hydrogen-bond acceptors (Lipinski definition) is 2. The van der Waals surface area contributed by atoms with Gasteiger partial charge in [-0.3, -0.25) is 4.79 Å². The zero-order chi connectivity index (χ0) is 14.5. The summed E-state index contributed by atoms with van der Waals surface area (Å²) >= 11 is 6.19. The fourth-order valence-corrected chi connectivity index (χ4v) is 2.10. The predicted octanol–water partition coefficient (Wildman–Crippen LogP) is 2.49. The van der Waals surface area contributed by atoms with E-state index in [1.54, 1.807) is 0 Å². The highest BCUT2D eigenvalue weighted by Gasteiger charge is 2.24. The van der Waals surface area contributed by atoms with Crippen LogP contribution >= 0.6 is 11.6 Å². The van der Waals surface area contributed by atoms with Crippen molar-refractivity contribution in [1.82, 2.24) is 0 Å². The lowest BCUT2D eigenvalue weighted by Gasteiger charge is -2.29. The smallest absolute Gasteiger partial charge is 0.306 e. The van der Waals surface area contributed by atoms with Crippen LogP contribution < -0.4 is 0 Å². The van der Waals surface area contributed by atoms with E-state index in [4.69, 9.17) is 21.4 Å². The third kappa shape index (κ3) is 6.57. The first-order valence-corrected chi connectivity index (χ1v) is 6.58. The van der Waals surface area contributed by atoms with Gasteiger partial charge in [0, 0.05) is 0 Å². The number of rotatable bonds is 7. The molecule has 0 radical (unpaired) electrons. The number of nitrogens with zero attached hydrogens (tertiary/aromatic N) is 1. The molecule has 1 aromatic rings. The molecule has 0 saturated carbocycles. The largest absolute Gasteiger partial charge is 0.481 e. The molecular weight excluding hydrogens is 266 g/mol.